The topological polar surface area (TPSA) is 0 Å². The van der Waals surface area contributed by atoms with Gasteiger partial charge in [0.15, 0.2) is 0 Å². The molecule has 1 saturated heterocycles. The molecule has 1 fully saturated rings. The molecule has 0 nitrogen and oxygen atoms in total. The van der Waals surface area contributed by atoms with E-state index in [0.29, 0.717) is 0 Å². The van der Waals surface area contributed by atoms with Crippen LogP contribution >= 0.6 is 0 Å². The van der Waals surface area contributed by atoms with E-state index in [1.54, 1.807) is 20.7 Å². The van der Waals surface area contributed by atoms with Crippen molar-refractivity contribution < 1.29 is 0 Å². The molecule has 2 heteroatoms. The smallest absolute Gasteiger partial charge is 0.0626 e. The van der Waals surface area contributed by atoms with Crippen molar-refractivity contribution in [3.05, 3.63) is 121 Å². The summed E-state index contributed by atoms with van der Waals surface area (Å²) in [5, 5.41) is 6.44. The molecule has 0 N–H and O–H groups in total. The summed E-state index contributed by atoms with van der Waals surface area (Å²) in [6.45, 7) is 0. The van der Waals surface area contributed by atoms with Gasteiger partial charge in [-0.15, -0.1) is 0 Å². The van der Waals surface area contributed by atoms with Gasteiger partial charge in [-0.05, 0) is 17.8 Å². The first kappa shape index (κ1) is 19.3. The maximum Gasteiger partial charge on any atom is 0.116 e. The molecule has 1 heterocycles. The molecule has 0 atom stereocenters. The molecule has 0 saturated carbocycles. The summed E-state index contributed by atoms with van der Waals surface area (Å²) < 4.78 is 0. The molecule has 0 spiro atoms. The van der Waals surface area contributed by atoms with Crippen LogP contribution in [0.3, 0.4) is 0 Å². The standard InChI is InChI=1S/C28H28Si2/c1-5-14-25(15-6-1)29(26-16-7-2-8-17-26)22-13-23-30(24-29,27-18-9-3-10-19-27)28-20-11-4-12-21-28/h1-12,14-21H,13,22-24H2. The number of hydrogen-bond acceptors (Lipinski definition) is 0. The Morgan fingerprint density at radius 2 is 0.633 bits per heavy atom. The van der Waals surface area contributed by atoms with E-state index < -0.39 is 16.1 Å². The molecule has 0 bridgehead atoms. The van der Waals surface area contributed by atoms with Crippen LogP contribution in [0.5, 0.6) is 0 Å². The van der Waals surface area contributed by atoms with Gasteiger partial charge in [-0.25, -0.2) is 0 Å². The van der Waals surface area contributed by atoms with Crippen molar-refractivity contribution in [1.29, 1.82) is 0 Å². The molecule has 0 aliphatic carbocycles. The highest BCUT2D eigenvalue weighted by Crippen LogP contribution is 2.35. The summed E-state index contributed by atoms with van der Waals surface area (Å²) in [7, 11) is -3.75. The lowest BCUT2D eigenvalue weighted by Crippen LogP contribution is -2.71. The van der Waals surface area contributed by atoms with Gasteiger partial charge in [-0.1, -0.05) is 148 Å². The summed E-state index contributed by atoms with van der Waals surface area (Å²) in [5.74, 6) is 0. The van der Waals surface area contributed by atoms with E-state index in [2.05, 4.69) is 121 Å². The normalized spacial score (nSPS) is 17.3. The Labute approximate surface area is 182 Å². The molecule has 1 aliphatic heterocycles. The highest BCUT2D eigenvalue weighted by Gasteiger charge is 2.51. The van der Waals surface area contributed by atoms with Crippen molar-refractivity contribution in [3.63, 3.8) is 0 Å². The molecule has 1 aliphatic rings. The zero-order valence-electron chi connectivity index (χ0n) is 17.4. The van der Waals surface area contributed by atoms with Gasteiger partial charge in [0.05, 0.1) is 0 Å². The Kier molecular flexibility index (Phi) is 5.28. The van der Waals surface area contributed by atoms with Crippen molar-refractivity contribution in [2.45, 2.75) is 24.2 Å². The third kappa shape index (κ3) is 3.30. The molecule has 0 aromatic heterocycles. The molecule has 30 heavy (non-hydrogen) atoms. The summed E-state index contributed by atoms with van der Waals surface area (Å²) in [6.07, 6.45) is 1.33. The van der Waals surface area contributed by atoms with Crippen LogP contribution in [0, 0.1) is 0 Å². The molecule has 5 rings (SSSR count). The van der Waals surface area contributed by atoms with E-state index in [4.69, 9.17) is 0 Å². The largest absolute Gasteiger partial charge is 0.116 e. The molecular weight excluding hydrogens is 392 g/mol. The average Bonchev–Trinajstić information content (AvgIpc) is 2.86. The second kappa shape index (κ2) is 8.21. The van der Waals surface area contributed by atoms with Crippen LogP contribution in [0.4, 0.5) is 0 Å². The molecule has 0 unspecified atom stereocenters. The highest BCUT2D eigenvalue weighted by atomic mass is 28.4. The first-order chi connectivity index (χ1) is 14.8. The van der Waals surface area contributed by atoms with Gasteiger partial charge < -0.3 is 0 Å². The van der Waals surface area contributed by atoms with Crippen LogP contribution in [0.2, 0.25) is 17.8 Å². The average molecular weight is 421 g/mol. The highest BCUT2D eigenvalue weighted by molar-refractivity contribution is 7.18. The van der Waals surface area contributed by atoms with Crippen molar-refractivity contribution in [2.75, 3.05) is 0 Å². The summed E-state index contributed by atoms with van der Waals surface area (Å²) >= 11 is 0. The fraction of sp³-hybridized carbons (Fsp3) is 0.143. The van der Waals surface area contributed by atoms with Gasteiger partial charge >= 0.3 is 0 Å². The first-order valence-electron chi connectivity index (χ1n) is 11.1. The monoisotopic (exact) mass is 420 g/mol. The number of benzene rings is 4. The first-order valence-corrected chi connectivity index (χ1v) is 15.9. The SMILES string of the molecule is c1ccc([Si]2(c3ccccc3)CCC[Si](c3ccccc3)(c3ccccc3)C2)cc1. The van der Waals surface area contributed by atoms with Gasteiger partial charge in [-0.3, -0.25) is 0 Å². The van der Waals surface area contributed by atoms with Crippen LogP contribution in [0.15, 0.2) is 121 Å². The number of rotatable bonds is 4. The maximum absolute atomic E-state index is 2.42. The minimum Gasteiger partial charge on any atom is -0.0626 e. The van der Waals surface area contributed by atoms with Crippen molar-refractivity contribution >= 4 is 36.9 Å². The Hall–Kier alpha value is -2.69. The third-order valence-electron chi connectivity index (χ3n) is 7.12. The summed E-state index contributed by atoms with van der Waals surface area (Å²) in [6, 6.07) is 48.7. The molecular formula is C28H28Si2. The van der Waals surface area contributed by atoms with Crippen LogP contribution in [-0.4, -0.2) is 16.1 Å². The predicted molar refractivity (Wildman–Crippen MR) is 135 cm³/mol. The third-order valence-corrected chi connectivity index (χ3v) is 20.1. The zero-order valence-corrected chi connectivity index (χ0v) is 19.4. The van der Waals surface area contributed by atoms with Gasteiger partial charge in [0.1, 0.15) is 16.1 Å². The van der Waals surface area contributed by atoms with E-state index in [1.807, 2.05) is 0 Å². The molecule has 0 radical (unpaired) electrons. The lowest BCUT2D eigenvalue weighted by molar-refractivity contribution is 0.999. The van der Waals surface area contributed by atoms with Crippen LogP contribution in [-0.2, 0) is 0 Å². The van der Waals surface area contributed by atoms with Gasteiger partial charge in [-0.2, -0.15) is 0 Å². The Balaban J connectivity index is 1.74. The molecule has 148 valence electrons. The van der Waals surface area contributed by atoms with Crippen LogP contribution in [0.25, 0.3) is 0 Å². The minimum absolute atomic E-state index is 1.33. The Morgan fingerprint density at radius 3 is 0.900 bits per heavy atom. The van der Waals surface area contributed by atoms with Crippen molar-refractivity contribution in [2.24, 2.45) is 0 Å². The van der Waals surface area contributed by atoms with Gasteiger partial charge in [0, 0.05) is 0 Å². The van der Waals surface area contributed by atoms with Gasteiger partial charge in [0.25, 0.3) is 0 Å². The second-order valence-electron chi connectivity index (χ2n) is 8.66. The lowest BCUT2D eigenvalue weighted by atomic mass is 10.4. The van der Waals surface area contributed by atoms with E-state index in [0.717, 1.165) is 0 Å². The van der Waals surface area contributed by atoms with Crippen molar-refractivity contribution in [3.8, 4) is 0 Å². The van der Waals surface area contributed by atoms with E-state index in [9.17, 15) is 0 Å². The second-order valence-corrected chi connectivity index (χ2v) is 17.7. The van der Waals surface area contributed by atoms with Crippen molar-refractivity contribution in [1.82, 2.24) is 0 Å². The van der Waals surface area contributed by atoms with E-state index in [-0.39, 0.29) is 0 Å². The summed E-state index contributed by atoms with van der Waals surface area (Å²) in [4.78, 5) is 0. The molecule has 4 aromatic rings. The quantitative estimate of drug-likeness (QED) is 0.428. The Bertz CT molecular complexity index is 909. The maximum atomic E-state index is 2.42. The number of hydrogen-bond donors (Lipinski definition) is 0. The fourth-order valence-electron chi connectivity index (χ4n) is 5.73. The lowest BCUT2D eigenvalue weighted by Gasteiger charge is -2.47. The summed E-state index contributed by atoms with van der Waals surface area (Å²) in [5.41, 5.74) is 1.36. The Morgan fingerprint density at radius 1 is 0.367 bits per heavy atom. The minimum atomic E-state index is -1.87. The fourth-order valence-corrected chi connectivity index (χ4v) is 21.6. The zero-order chi connectivity index (χ0) is 20.3. The predicted octanol–water partition coefficient (Wildman–Crippen LogP) is 4.46. The van der Waals surface area contributed by atoms with E-state index in [1.165, 1.54) is 24.2 Å². The molecule has 0 amide bonds. The van der Waals surface area contributed by atoms with Crippen LogP contribution < -0.4 is 20.7 Å². The van der Waals surface area contributed by atoms with Gasteiger partial charge in [0.2, 0.25) is 0 Å². The van der Waals surface area contributed by atoms with E-state index >= 15 is 0 Å². The molecule has 4 aromatic carbocycles. The van der Waals surface area contributed by atoms with Crippen LogP contribution in [0.1, 0.15) is 6.42 Å².